The van der Waals surface area contributed by atoms with Crippen LogP contribution in [0.5, 0.6) is 0 Å². The lowest BCUT2D eigenvalue weighted by Gasteiger charge is -2.08. The van der Waals surface area contributed by atoms with Crippen LogP contribution in [0.4, 0.5) is 0 Å². The Kier molecular flexibility index (Phi) is 32.6. The van der Waals surface area contributed by atoms with Gasteiger partial charge in [-0.2, -0.15) is 0 Å². The number of rotatable bonds is 19. The predicted molar refractivity (Wildman–Crippen MR) is 129 cm³/mol. The van der Waals surface area contributed by atoms with Gasteiger partial charge in [0, 0.05) is 26.1 Å². The van der Waals surface area contributed by atoms with Crippen molar-refractivity contribution in [2.45, 2.75) is 27.2 Å². The maximum absolute atomic E-state index is 11.4. The molecule has 0 radical (unpaired) electrons. The number of aldehydes is 1. The highest BCUT2D eigenvalue weighted by molar-refractivity contribution is 5.77. The fraction of sp³-hybridized carbons (Fsp3) is 0.727. The van der Waals surface area contributed by atoms with Crippen molar-refractivity contribution in [3.63, 3.8) is 0 Å². The van der Waals surface area contributed by atoms with Crippen LogP contribution in [0.15, 0.2) is 12.2 Å². The normalized spacial score (nSPS) is 9.53. The summed E-state index contributed by atoms with van der Waals surface area (Å²) in [6.45, 7) is 12.4. The Hall–Kier alpha value is -2.38. The average Bonchev–Trinajstić information content (AvgIpc) is 2.77. The molecule has 34 heavy (non-hydrogen) atoms. The van der Waals surface area contributed by atoms with Gasteiger partial charge in [-0.25, -0.2) is 0 Å². The Bertz CT molecular complexity index is 533. The van der Waals surface area contributed by atoms with Gasteiger partial charge in [0.1, 0.15) is 19.5 Å². The summed E-state index contributed by atoms with van der Waals surface area (Å²) >= 11 is 0. The molecule has 0 fully saturated rings. The molecule has 3 amide bonds. The second kappa shape index (κ2) is 30.6. The zero-order chi connectivity index (χ0) is 26.5. The summed E-state index contributed by atoms with van der Waals surface area (Å²) in [4.78, 5) is 41.6. The van der Waals surface area contributed by atoms with Crippen molar-refractivity contribution in [2.24, 2.45) is 5.73 Å². The van der Waals surface area contributed by atoms with Crippen LogP contribution < -0.4 is 21.7 Å². The van der Waals surface area contributed by atoms with Gasteiger partial charge in [-0.3, -0.25) is 14.4 Å². The molecule has 200 valence electrons. The van der Waals surface area contributed by atoms with Crippen molar-refractivity contribution in [1.82, 2.24) is 16.0 Å². The second-order valence-electron chi connectivity index (χ2n) is 6.57. The lowest BCUT2D eigenvalue weighted by Crippen LogP contribution is -2.31. The molecule has 0 heterocycles. The van der Waals surface area contributed by atoms with E-state index in [1.54, 1.807) is 6.92 Å². The first kappa shape index (κ1) is 36.2. The van der Waals surface area contributed by atoms with Gasteiger partial charge < -0.3 is 45.4 Å². The second-order valence-corrected chi connectivity index (χ2v) is 6.57. The number of carbonyl (C=O) groups is 4. The van der Waals surface area contributed by atoms with Gasteiger partial charge >= 0.3 is 0 Å². The zero-order valence-electron chi connectivity index (χ0n) is 21.1. The van der Waals surface area contributed by atoms with E-state index in [1.165, 1.54) is 12.5 Å². The Morgan fingerprint density at radius 2 is 1.29 bits per heavy atom. The van der Waals surface area contributed by atoms with Gasteiger partial charge in [-0.1, -0.05) is 19.1 Å². The minimum atomic E-state index is -0.527. The first-order valence-electron chi connectivity index (χ1n) is 11.1. The number of hydrogen-bond donors (Lipinski definition) is 4. The number of carbonyl (C=O) groups excluding carboxylic acids is 4. The van der Waals surface area contributed by atoms with Gasteiger partial charge in [0.2, 0.25) is 17.7 Å². The highest BCUT2D eigenvalue weighted by Gasteiger charge is 2.01. The molecule has 0 aromatic carbocycles. The van der Waals surface area contributed by atoms with Crippen LogP contribution in [0.2, 0.25) is 0 Å². The van der Waals surface area contributed by atoms with Crippen LogP contribution in [-0.2, 0) is 38.1 Å². The Morgan fingerprint density at radius 1 is 0.853 bits per heavy atom. The molecular weight excluding hydrogens is 448 g/mol. The van der Waals surface area contributed by atoms with E-state index in [0.29, 0.717) is 52.5 Å². The van der Waals surface area contributed by atoms with Crippen molar-refractivity contribution in [3.8, 4) is 0 Å². The number of amides is 3. The molecule has 0 saturated carbocycles. The lowest BCUT2D eigenvalue weighted by atomic mass is 10.4. The van der Waals surface area contributed by atoms with E-state index in [2.05, 4.69) is 22.5 Å². The molecule has 0 aromatic rings. The molecule has 0 saturated heterocycles. The monoisotopic (exact) mass is 492 g/mol. The first-order chi connectivity index (χ1) is 16.2. The minimum absolute atomic E-state index is 0.0151. The van der Waals surface area contributed by atoms with Crippen LogP contribution in [0.25, 0.3) is 0 Å². The van der Waals surface area contributed by atoms with E-state index in [4.69, 9.17) is 29.5 Å². The maximum atomic E-state index is 11.4. The quantitative estimate of drug-likeness (QED) is 0.102. The molecule has 0 bridgehead atoms. The molecule has 12 nitrogen and oxygen atoms in total. The molecule has 0 rings (SSSR count). The molecule has 0 aromatic heterocycles. The van der Waals surface area contributed by atoms with E-state index in [9.17, 15) is 14.4 Å². The van der Waals surface area contributed by atoms with E-state index >= 15 is 0 Å². The van der Waals surface area contributed by atoms with E-state index in [-0.39, 0.29) is 31.6 Å². The Morgan fingerprint density at radius 3 is 1.68 bits per heavy atom. The van der Waals surface area contributed by atoms with Crippen LogP contribution in [-0.4, -0.2) is 104 Å². The topological polar surface area (TPSA) is 167 Å². The molecule has 0 aliphatic rings. The number of nitrogens with one attached hydrogen (secondary N) is 3. The fourth-order valence-corrected chi connectivity index (χ4v) is 1.78. The third-order valence-corrected chi connectivity index (χ3v) is 3.16. The van der Waals surface area contributed by atoms with Crippen LogP contribution in [0, 0.1) is 0 Å². The third-order valence-electron chi connectivity index (χ3n) is 3.16. The van der Waals surface area contributed by atoms with Crippen molar-refractivity contribution in [2.75, 3.05) is 79.5 Å². The standard InChI is InChI=1S/C15H29N3O7.C5H11N.C2H4O/c1-2-14(20)17-3-5-22-8-10-25-12-15(21)18-4-6-23-7-9-24-11-13(16)19;1-5(2)4-6-3;1-2-3/h2-12H2,1H3,(H2,16,19)(H,17,20)(H,18,21);6H,1,4H2,2-3H3;2H,1H3. The van der Waals surface area contributed by atoms with Crippen LogP contribution in [0.1, 0.15) is 27.2 Å². The summed E-state index contributed by atoms with van der Waals surface area (Å²) in [6, 6.07) is 0. The number of nitrogens with two attached hydrogens (primary N) is 1. The SMILES string of the molecule is C=C(C)CNC.CC=O.CCC(=O)NCCOCCOCC(=O)NCCOCCOCC(N)=O. The smallest absolute Gasteiger partial charge is 0.246 e. The average molecular weight is 493 g/mol. The zero-order valence-corrected chi connectivity index (χ0v) is 21.1. The molecule has 0 aliphatic carbocycles. The van der Waals surface area contributed by atoms with Gasteiger partial charge in [0.05, 0.1) is 39.6 Å². The largest absolute Gasteiger partial charge is 0.377 e. The molecule has 0 unspecified atom stereocenters. The molecule has 0 spiro atoms. The number of likely N-dealkylation sites (N-methyl/N-ethyl adjacent to an activating group) is 1. The summed E-state index contributed by atoms with van der Waals surface area (Å²) in [5, 5.41) is 8.28. The Labute approximate surface area is 203 Å². The van der Waals surface area contributed by atoms with Gasteiger partial charge in [0.15, 0.2) is 0 Å². The third kappa shape index (κ3) is 40.0. The van der Waals surface area contributed by atoms with Crippen molar-refractivity contribution in [1.29, 1.82) is 0 Å². The highest BCUT2D eigenvalue weighted by atomic mass is 16.5. The van der Waals surface area contributed by atoms with Crippen molar-refractivity contribution in [3.05, 3.63) is 12.2 Å². The number of hydrogen-bond acceptors (Lipinski definition) is 9. The first-order valence-corrected chi connectivity index (χ1v) is 11.1. The van der Waals surface area contributed by atoms with Gasteiger partial charge in [-0.15, -0.1) is 0 Å². The van der Waals surface area contributed by atoms with Crippen molar-refractivity contribution < 1.29 is 38.1 Å². The highest BCUT2D eigenvalue weighted by Crippen LogP contribution is 1.82. The Balaban J connectivity index is -0.000000902. The molecule has 5 N–H and O–H groups in total. The van der Waals surface area contributed by atoms with E-state index < -0.39 is 5.91 Å². The summed E-state index contributed by atoms with van der Waals surface area (Å²) in [5.74, 6) is -0.789. The molecule has 0 aliphatic heterocycles. The summed E-state index contributed by atoms with van der Waals surface area (Å²) in [5.41, 5.74) is 6.08. The predicted octanol–water partition coefficient (Wildman–Crippen LogP) is -0.832. The van der Waals surface area contributed by atoms with E-state index in [0.717, 1.165) is 12.8 Å². The summed E-state index contributed by atoms with van der Waals surface area (Å²) in [7, 11) is 1.91. The summed E-state index contributed by atoms with van der Waals surface area (Å²) in [6.07, 6.45) is 1.20. The maximum Gasteiger partial charge on any atom is 0.246 e. The number of ether oxygens (including phenoxy) is 4. The molecular formula is C22H44N4O8. The fourth-order valence-electron chi connectivity index (χ4n) is 1.78. The van der Waals surface area contributed by atoms with Crippen LogP contribution >= 0.6 is 0 Å². The van der Waals surface area contributed by atoms with Gasteiger partial charge in [-0.05, 0) is 20.9 Å². The molecule has 0 atom stereocenters. The van der Waals surface area contributed by atoms with Gasteiger partial charge in [0.25, 0.3) is 0 Å². The van der Waals surface area contributed by atoms with E-state index in [1.807, 2.05) is 14.0 Å². The molecule has 12 heteroatoms. The summed E-state index contributed by atoms with van der Waals surface area (Å²) < 4.78 is 20.5. The lowest BCUT2D eigenvalue weighted by molar-refractivity contribution is -0.127. The van der Waals surface area contributed by atoms with Crippen LogP contribution in [0.3, 0.4) is 0 Å². The number of primary amides is 1. The van der Waals surface area contributed by atoms with Crippen molar-refractivity contribution >= 4 is 24.0 Å². The minimum Gasteiger partial charge on any atom is -0.377 e.